The Morgan fingerprint density at radius 2 is 1.72 bits per heavy atom. The maximum absolute atomic E-state index is 12.8. The molecule has 170 valence electrons. The van der Waals surface area contributed by atoms with Crippen molar-refractivity contribution in [3.8, 4) is 16.8 Å². The first-order valence-electron chi connectivity index (χ1n) is 9.84. The summed E-state index contributed by atoms with van der Waals surface area (Å²) in [5.74, 6) is -0.207. The highest BCUT2D eigenvalue weighted by molar-refractivity contribution is 7.92. The van der Waals surface area contributed by atoms with Gasteiger partial charge in [0.1, 0.15) is 0 Å². The number of nitrogens with one attached hydrogen (secondary N) is 1. The molecule has 3 rings (SSSR count). The topological polar surface area (TPSA) is 81.1 Å². The lowest BCUT2D eigenvalue weighted by Gasteiger charge is -2.16. The molecule has 0 fully saturated rings. The number of alkyl halides is 3. The smallest absolute Gasteiger partial charge is 0.284 e. The molecule has 6 nitrogen and oxygen atoms in total. The van der Waals surface area contributed by atoms with Crippen molar-refractivity contribution in [3.05, 3.63) is 76.2 Å². The van der Waals surface area contributed by atoms with E-state index in [1.165, 1.54) is 25.1 Å². The van der Waals surface area contributed by atoms with E-state index in [1.807, 2.05) is 13.8 Å². The van der Waals surface area contributed by atoms with Crippen LogP contribution in [-0.2, 0) is 16.2 Å². The Morgan fingerprint density at radius 3 is 2.28 bits per heavy atom. The Hall–Kier alpha value is -3.14. The zero-order valence-corrected chi connectivity index (χ0v) is 18.5. The van der Waals surface area contributed by atoms with Gasteiger partial charge in [0, 0.05) is 17.3 Å². The Balaban J connectivity index is 2.09. The standard InChI is InChI=1S/C22H22F3N3O3S/c1-4-32(30,31)27-17-7-5-6-15(12-17)19-13-20(29)28(26-21(19)14(2)3)18-10-8-16(9-11-18)22(23,24)25/h5-14,27H,4H2,1-3H3. The molecule has 0 saturated heterocycles. The molecule has 0 amide bonds. The Morgan fingerprint density at radius 1 is 1.06 bits per heavy atom. The quantitative estimate of drug-likeness (QED) is 0.567. The summed E-state index contributed by atoms with van der Waals surface area (Å²) in [6.45, 7) is 5.27. The van der Waals surface area contributed by atoms with Crippen molar-refractivity contribution in [2.24, 2.45) is 0 Å². The number of halogens is 3. The van der Waals surface area contributed by atoms with Crippen LogP contribution in [0.1, 0.15) is 37.9 Å². The molecule has 1 aromatic heterocycles. The molecule has 0 saturated carbocycles. The van der Waals surface area contributed by atoms with Crippen molar-refractivity contribution >= 4 is 15.7 Å². The van der Waals surface area contributed by atoms with E-state index in [1.54, 1.807) is 24.3 Å². The predicted octanol–water partition coefficient (Wildman–Crippen LogP) is 4.80. The molecule has 0 aliphatic carbocycles. The minimum absolute atomic E-state index is 0.0841. The molecular weight excluding hydrogens is 443 g/mol. The summed E-state index contributed by atoms with van der Waals surface area (Å²) in [5.41, 5.74) is 0.872. The number of nitrogens with zero attached hydrogens (tertiary/aromatic N) is 2. The average molecular weight is 465 g/mol. The molecule has 1 N–H and O–H groups in total. The number of benzene rings is 2. The molecule has 0 aliphatic rings. The Bertz CT molecular complexity index is 1280. The van der Waals surface area contributed by atoms with Crippen LogP contribution in [-0.4, -0.2) is 24.0 Å². The lowest BCUT2D eigenvalue weighted by molar-refractivity contribution is -0.137. The lowest BCUT2D eigenvalue weighted by atomic mass is 9.98. The molecular formula is C22H22F3N3O3S. The fraction of sp³-hybridized carbons (Fsp3) is 0.273. The first kappa shape index (κ1) is 23.5. The van der Waals surface area contributed by atoms with Crippen molar-refractivity contribution in [1.29, 1.82) is 0 Å². The van der Waals surface area contributed by atoms with Gasteiger partial charge in [-0.25, -0.2) is 8.42 Å². The molecule has 0 unspecified atom stereocenters. The zero-order valence-electron chi connectivity index (χ0n) is 17.6. The normalized spacial score (nSPS) is 12.2. The van der Waals surface area contributed by atoms with E-state index in [0.29, 0.717) is 22.5 Å². The van der Waals surface area contributed by atoms with Crippen LogP contribution in [0, 0.1) is 0 Å². The summed E-state index contributed by atoms with van der Waals surface area (Å²) in [5, 5.41) is 4.41. The van der Waals surface area contributed by atoms with Crippen molar-refractivity contribution < 1.29 is 21.6 Å². The summed E-state index contributed by atoms with van der Waals surface area (Å²) in [7, 11) is -3.47. The molecule has 10 heteroatoms. The average Bonchev–Trinajstić information content (AvgIpc) is 2.72. The van der Waals surface area contributed by atoms with Gasteiger partial charge in [0.25, 0.3) is 5.56 Å². The van der Waals surface area contributed by atoms with Crippen LogP contribution in [0.25, 0.3) is 16.8 Å². The largest absolute Gasteiger partial charge is 0.416 e. The molecule has 0 aliphatic heterocycles. The van der Waals surface area contributed by atoms with Gasteiger partial charge in [-0.3, -0.25) is 9.52 Å². The number of hydrogen-bond donors (Lipinski definition) is 1. The van der Waals surface area contributed by atoms with E-state index in [9.17, 15) is 26.4 Å². The van der Waals surface area contributed by atoms with Crippen molar-refractivity contribution in [1.82, 2.24) is 9.78 Å². The van der Waals surface area contributed by atoms with Gasteiger partial charge < -0.3 is 0 Å². The summed E-state index contributed by atoms with van der Waals surface area (Å²) >= 11 is 0. The van der Waals surface area contributed by atoms with Gasteiger partial charge in [0.15, 0.2) is 0 Å². The highest BCUT2D eigenvalue weighted by atomic mass is 32.2. The number of anilines is 1. The lowest BCUT2D eigenvalue weighted by Crippen LogP contribution is -2.23. The molecule has 0 spiro atoms. The summed E-state index contributed by atoms with van der Waals surface area (Å²) in [4.78, 5) is 12.8. The maximum Gasteiger partial charge on any atom is 0.416 e. The van der Waals surface area contributed by atoms with Gasteiger partial charge >= 0.3 is 6.18 Å². The van der Waals surface area contributed by atoms with Crippen LogP contribution in [0.2, 0.25) is 0 Å². The van der Waals surface area contributed by atoms with Crippen molar-refractivity contribution in [2.75, 3.05) is 10.5 Å². The fourth-order valence-electron chi connectivity index (χ4n) is 3.11. The maximum atomic E-state index is 12.8. The number of sulfonamides is 1. The minimum Gasteiger partial charge on any atom is -0.284 e. The fourth-order valence-corrected chi connectivity index (χ4v) is 3.74. The van der Waals surface area contributed by atoms with Crippen molar-refractivity contribution in [3.63, 3.8) is 0 Å². The van der Waals surface area contributed by atoms with Crippen LogP contribution in [0.5, 0.6) is 0 Å². The molecule has 0 atom stereocenters. The number of hydrogen-bond acceptors (Lipinski definition) is 4. The van der Waals surface area contributed by atoms with E-state index in [-0.39, 0.29) is 17.4 Å². The predicted molar refractivity (Wildman–Crippen MR) is 117 cm³/mol. The van der Waals surface area contributed by atoms with Gasteiger partial charge in [-0.1, -0.05) is 26.0 Å². The van der Waals surface area contributed by atoms with Gasteiger partial charge in [0.2, 0.25) is 10.0 Å². The first-order chi connectivity index (χ1) is 14.9. The number of aromatic nitrogens is 2. The third-order valence-electron chi connectivity index (χ3n) is 4.77. The third-order valence-corrected chi connectivity index (χ3v) is 6.08. The first-order valence-corrected chi connectivity index (χ1v) is 11.5. The summed E-state index contributed by atoms with van der Waals surface area (Å²) in [6, 6.07) is 12.1. The molecule has 2 aromatic carbocycles. The molecule has 0 bridgehead atoms. The second-order valence-electron chi connectivity index (χ2n) is 7.48. The van der Waals surface area contributed by atoms with Gasteiger partial charge in [-0.2, -0.15) is 23.0 Å². The third kappa shape index (κ3) is 5.18. The van der Waals surface area contributed by atoms with E-state index in [2.05, 4.69) is 9.82 Å². The van der Waals surface area contributed by atoms with E-state index < -0.39 is 27.3 Å². The van der Waals surface area contributed by atoms with Crippen molar-refractivity contribution in [2.45, 2.75) is 32.9 Å². The zero-order chi connectivity index (χ0) is 23.7. The minimum atomic E-state index is -4.48. The Labute approximate surface area is 183 Å². The van der Waals surface area contributed by atoms with E-state index >= 15 is 0 Å². The molecule has 1 heterocycles. The summed E-state index contributed by atoms with van der Waals surface area (Å²) < 4.78 is 65.8. The van der Waals surface area contributed by atoms with Gasteiger partial charge in [-0.05, 0) is 54.8 Å². The van der Waals surface area contributed by atoms with Crippen LogP contribution in [0.4, 0.5) is 18.9 Å². The second-order valence-corrected chi connectivity index (χ2v) is 9.49. The SMILES string of the molecule is CCS(=O)(=O)Nc1cccc(-c2cc(=O)n(-c3ccc(C(F)(F)F)cc3)nc2C(C)C)c1. The van der Waals surface area contributed by atoms with Gasteiger partial charge in [-0.15, -0.1) is 0 Å². The van der Waals surface area contributed by atoms with E-state index in [4.69, 9.17) is 0 Å². The number of rotatable bonds is 6. The second kappa shape index (κ2) is 8.78. The highest BCUT2D eigenvalue weighted by Gasteiger charge is 2.30. The van der Waals surface area contributed by atoms with Crippen LogP contribution in [0.3, 0.4) is 0 Å². The van der Waals surface area contributed by atoms with E-state index in [0.717, 1.165) is 16.8 Å². The van der Waals surface area contributed by atoms with Crippen LogP contribution in [0.15, 0.2) is 59.4 Å². The monoisotopic (exact) mass is 465 g/mol. The Kier molecular flexibility index (Phi) is 6.45. The summed E-state index contributed by atoms with van der Waals surface area (Å²) in [6.07, 6.45) is -4.48. The molecule has 3 aromatic rings. The highest BCUT2D eigenvalue weighted by Crippen LogP contribution is 2.31. The molecule has 0 radical (unpaired) electrons. The molecule has 32 heavy (non-hydrogen) atoms. The van der Waals surface area contributed by atoms with Gasteiger partial charge in [0.05, 0.1) is 22.7 Å². The van der Waals surface area contributed by atoms with Crippen LogP contribution >= 0.6 is 0 Å². The van der Waals surface area contributed by atoms with Crippen LogP contribution < -0.4 is 10.3 Å².